The van der Waals surface area contributed by atoms with Crippen LogP contribution in [0.1, 0.15) is 25.3 Å². The van der Waals surface area contributed by atoms with Gasteiger partial charge in [-0.05, 0) is 38.3 Å². The van der Waals surface area contributed by atoms with Crippen LogP contribution >= 0.6 is 0 Å². The summed E-state index contributed by atoms with van der Waals surface area (Å²) in [5.74, 6) is -0.804. The van der Waals surface area contributed by atoms with E-state index in [4.69, 9.17) is 4.74 Å². The normalized spacial score (nSPS) is 23.2. The van der Waals surface area contributed by atoms with Crippen molar-refractivity contribution in [2.75, 3.05) is 13.7 Å². The first-order chi connectivity index (χ1) is 9.58. The molecule has 0 amide bonds. The van der Waals surface area contributed by atoms with Gasteiger partial charge in [-0.2, -0.15) is 0 Å². The monoisotopic (exact) mass is 277 g/mol. The van der Waals surface area contributed by atoms with Gasteiger partial charge in [0.15, 0.2) is 0 Å². The number of rotatable bonds is 6. The van der Waals surface area contributed by atoms with Crippen molar-refractivity contribution in [2.45, 2.75) is 38.3 Å². The van der Waals surface area contributed by atoms with Gasteiger partial charge in [-0.25, -0.2) is 0 Å². The highest BCUT2D eigenvalue weighted by atomic mass is 16.5. The van der Waals surface area contributed by atoms with Crippen molar-refractivity contribution in [3.05, 3.63) is 35.9 Å². The molecule has 1 aromatic carbocycles. The molecule has 1 aliphatic heterocycles. The van der Waals surface area contributed by atoms with Crippen LogP contribution in [-0.4, -0.2) is 36.9 Å². The summed E-state index contributed by atoms with van der Waals surface area (Å²) in [6, 6.07) is 9.87. The Morgan fingerprint density at radius 1 is 1.50 bits per heavy atom. The van der Waals surface area contributed by atoms with E-state index in [9.17, 15) is 9.90 Å². The summed E-state index contributed by atoms with van der Waals surface area (Å²) >= 11 is 0. The Morgan fingerprint density at radius 2 is 2.20 bits per heavy atom. The molecule has 1 aromatic rings. The number of carbonyl (C=O) groups is 1. The Bertz CT molecular complexity index is 442. The Kier molecular flexibility index (Phi) is 4.78. The van der Waals surface area contributed by atoms with Gasteiger partial charge in [-0.1, -0.05) is 30.3 Å². The first kappa shape index (κ1) is 15.0. The largest absolute Gasteiger partial charge is 0.481 e. The van der Waals surface area contributed by atoms with Crippen LogP contribution in [0.2, 0.25) is 0 Å². The molecule has 1 saturated heterocycles. The second-order valence-electron chi connectivity index (χ2n) is 5.74. The Labute approximate surface area is 120 Å². The molecule has 0 saturated carbocycles. The number of ether oxygens (including phenoxy) is 1. The van der Waals surface area contributed by atoms with Crippen molar-refractivity contribution < 1.29 is 14.6 Å². The molecular formula is C16H23NO3. The molecule has 0 bridgehead atoms. The van der Waals surface area contributed by atoms with Crippen LogP contribution in [0.15, 0.2) is 30.3 Å². The van der Waals surface area contributed by atoms with Crippen LogP contribution in [0.25, 0.3) is 0 Å². The predicted octanol–water partition coefficient (Wildman–Crippen LogP) is 2.09. The number of aliphatic carboxylic acids is 1. The maximum absolute atomic E-state index is 11.9. The van der Waals surface area contributed by atoms with E-state index in [0.717, 1.165) is 24.9 Å². The van der Waals surface area contributed by atoms with Gasteiger partial charge in [-0.15, -0.1) is 0 Å². The van der Waals surface area contributed by atoms with E-state index in [1.54, 1.807) is 14.0 Å². The molecule has 110 valence electrons. The zero-order valence-electron chi connectivity index (χ0n) is 12.1. The van der Waals surface area contributed by atoms with Crippen LogP contribution in [0.5, 0.6) is 0 Å². The van der Waals surface area contributed by atoms with Gasteiger partial charge in [0.05, 0.1) is 11.5 Å². The van der Waals surface area contributed by atoms with E-state index in [1.165, 1.54) is 0 Å². The zero-order chi connectivity index (χ0) is 14.6. The minimum Gasteiger partial charge on any atom is -0.481 e. The van der Waals surface area contributed by atoms with Gasteiger partial charge in [0.1, 0.15) is 0 Å². The summed E-state index contributed by atoms with van der Waals surface area (Å²) in [5.41, 5.74) is 0.0930. The molecule has 0 unspecified atom stereocenters. The van der Waals surface area contributed by atoms with E-state index in [2.05, 4.69) is 5.32 Å². The molecule has 2 rings (SSSR count). The summed E-state index contributed by atoms with van der Waals surface area (Å²) in [7, 11) is 1.61. The van der Waals surface area contributed by atoms with Gasteiger partial charge in [0.25, 0.3) is 0 Å². The van der Waals surface area contributed by atoms with E-state index >= 15 is 0 Å². The number of methoxy groups -OCH3 is 1. The summed E-state index contributed by atoms with van der Waals surface area (Å²) in [6.07, 6.45) is 2.18. The summed E-state index contributed by atoms with van der Waals surface area (Å²) in [5, 5.41) is 13.1. The fraction of sp³-hybridized carbons (Fsp3) is 0.562. The molecule has 0 aromatic heterocycles. The molecule has 4 nitrogen and oxygen atoms in total. The number of hydrogen-bond donors (Lipinski definition) is 2. The molecule has 2 N–H and O–H groups in total. The lowest BCUT2D eigenvalue weighted by molar-refractivity contribution is -0.158. The summed E-state index contributed by atoms with van der Waals surface area (Å²) in [4.78, 5) is 11.9. The average molecular weight is 277 g/mol. The van der Waals surface area contributed by atoms with Crippen molar-refractivity contribution in [1.29, 1.82) is 0 Å². The number of carboxylic acid groups (broad SMARTS) is 1. The summed E-state index contributed by atoms with van der Waals surface area (Å²) in [6.45, 7) is 2.72. The molecule has 1 aliphatic rings. The highest BCUT2D eigenvalue weighted by Crippen LogP contribution is 2.33. The molecule has 0 spiro atoms. The van der Waals surface area contributed by atoms with Crippen molar-refractivity contribution >= 4 is 5.97 Å². The second kappa shape index (κ2) is 6.37. The molecular weight excluding hydrogens is 254 g/mol. The summed E-state index contributed by atoms with van der Waals surface area (Å²) < 4.78 is 5.59. The third-order valence-electron chi connectivity index (χ3n) is 4.25. The van der Waals surface area contributed by atoms with E-state index in [1.807, 2.05) is 30.3 Å². The molecule has 20 heavy (non-hydrogen) atoms. The van der Waals surface area contributed by atoms with Crippen molar-refractivity contribution in [1.82, 2.24) is 5.32 Å². The van der Waals surface area contributed by atoms with E-state index in [0.29, 0.717) is 6.42 Å². The van der Waals surface area contributed by atoms with Crippen molar-refractivity contribution in [3.8, 4) is 0 Å². The average Bonchev–Trinajstić information content (AvgIpc) is 2.94. The smallest absolute Gasteiger partial charge is 0.312 e. The lowest BCUT2D eigenvalue weighted by Crippen LogP contribution is -2.52. The predicted molar refractivity (Wildman–Crippen MR) is 77.7 cm³/mol. The Balaban J connectivity index is 2.25. The first-order valence-corrected chi connectivity index (χ1v) is 7.11. The van der Waals surface area contributed by atoms with Crippen LogP contribution in [0.3, 0.4) is 0 Å². The molecule has 3 atom stereocenters. The van der Waals surface area contributed by atoms with E-state index in [-0.39, 0.29) is 12.1 Å². The maximum Gasteiger partial charge on any atom is 0.312 e. The number of carboxylic acids is 1. The minimum absolute atomic E-state index is 0.116. The van der Waals surface area contributed by atoms with Gasteiger partial charge < -0.3 is 15.2 Å². The first-order valence-electron chi connectivity index (χ1n) is 7.11. The van der Waals surface area contributed by atoms with Gasteiger partial charge >= 0.3 is 5.97 Å². The molecule has 0 radical (unpaired) electrons. The third kappa shape index (κ3) is 3.02. The topological polar surface area (TPSA) is 58.6 Å². The fourth-order valence-electron chi connectivity index (χ4n) is 3.16. The molecule has 1 fully saturated rings. The van der Waals surface area contributed by atoms with Crippen molar-refractivity contribution in [2.24, 2.45) is 5.41 Å². The Hall–Kier alpha value is -1.39. The van der Waals surface area contributed by atoms with Crippen LogP contribution < -0.4 is 5.32 Å². The van der Waals surface area contributed by atoms with Crippen LogP contribution in [-0.2, 0) is 16.0 Å². The van der Waals surface area contributed by atoms with Gasteiger partial charge in [0, 0.05) is 13.2 Å². The number of hydrogen-bond acceptors (Lipinski definition) is 3. The number of nitrogens with one attached hydrogen (secondary N) is 1. The number of benzene rings is 1. The molecule has 4 heteroatoms. The fourth-order valence-corrected chi connectivity index (χ4v) is 3.16. The zero-order valence-corrected chi connectivity index (χ0v) is 12.1. The van der Waals surface area contributed by atoms with Gasteiger partial charge in [-0.3, -0.25) is 4.79 Å². The Morgan fingerprint density at radius 3 is 2.70 bits per heavy atom. The third-order valence-corrected chi connectivity index (χ3v) is 4.25. The maximum atomic E-state index is 11.9. The highest BCUT2D eigenvalue weighted by molar-refractivity contribution is 5.75. The lowest BCUT2D eigenvalue weighted by atomic mass is 9.75. The lowest BCUT2D eigenvalue weighted by Gasteiger charge is -2.36. The molecule has 0 aliphatic carbocycles. The quantitative estimate of drug-likeness (QED) is 0.836. The van der Waals surface area contributed by atoms with Gasteiger partial charge in [0.2, 0.25) is 0 Å². The highest BCUT2D eigenvalue weighted by Gasteiger charge is 2.46. The molecule has 1 heterocycles. The SMILES string of the molecule is CO[C@@H]([C@@H]1CCCN1)[C@@](C)(Cc1ccccc1)C(=O)O. The second-order valence-corrected chi connectivity index (χ2v) is 5.74. The van der Waals surface area contributed by atoms with E-state index < -0.39 is 11.4 Å². The standard InChI is InChI=1S/C16H23NO3/c1-16(15(18)19,11-12-7-4-3-5-8-12)14(20-2)13-9-6-10-17-13/h3-5,7-8,13-14,17H,6,9-11H2,1-2H3,(H,18,19)/t13-,14-,16+/m0/s1. The van der Waals surface area contributed by atoms with Crippen LogP contribution in [0, 0.1) is 5.41 Å². The van der Waals surface area contributed by atoms with Crippen LogP contribution in [0.4, 0.5) is 0 Å². The minimum atomic E-state index is -0.932. The van der Waals surface area contributed by atoms with Crippen molar-refractivity contribution in [3.63, 3.8) is 0 Å².